The quantitative estimate of drug-likeness (QED) is 0.0217. The topological polar surface area (TPSA) is 176 Å². The minimum Gasteiger partial charge on any atom is -0.493 e. The van der Waals surface area contributed by atoms with Crippen LogP contribution in [0.1, 0.15) is 55.8 Å². The lowest BCUT2D eigenvalue weighted by atomic mass is 9.77. The number of nitrogen functional groups attached to an aromatic ring is 2. The largest absolute Gasteiger partial charge is 0.493 e. The Balaban J connectivity index is 1.07. The molecule has 0 amide bonds. The average Bonchev–Trinajstić information content (AvgIpc) is 3.35. The fourth-order valence-corrected chi connectivity index (χ4v) is 6.89. The number of hydrogen-bond donors (Lipinski definition) is 2. The fraction of sp³-hybridized carbons (Fsp3) is 0.200. The van der Waals surface area contributed by atoms with E-state index in [2.05, 4.69) is 0 Å². The number of alkyl halides is 6. The highest BCUT2D eigenvalue weighted by atomic mass is 19.4. The van der Waals surface area contributed by atoms with Crippen LogP contribution in [-0.2, 0) is 31.9 Å². The number of nitrogens with two attached hydrogens (primary N) is 2. The van der Waals surface area contributed by atoms with Gasteiger partial charge in [0, 0.05) is 28.9 Å². The zero-order chi connectivity index (χ0) is 52.4. The molecule has 18 heteroatoms. The van der Waals surface area contributed by atoms with Gasteiger partial charge in [0.25, 0.3) is 0 Å². The summed E-state index contributed by atoms with van der Waals surface area (Å²) >= 11 is 0. The second-order valence-electron chi connectivity index (χ2n) is 16.6. The first-order valence-electron chi connectivity index (χ1n) is 22.4. The minimum absolute atomic E-state index is 0.141. The molecule has 0 spiro atoms. The molecule has 12 nitrogen and oxygen atoms in total. The Bertz CT molecular complexity index is 2640. The number of esters is 4. The molecule has 6 rings (SSSR count). The van der Waals surface area contributed by atoms with Gasteiger partial charge < -0.3 is 39.9 Å². The third-order valence-corrected chi connectivity index (χ3v) is 10.7. The van der Waals surface area contributed by atoms with Crippen LogP contribution in [0.5, 0.6) is 23.0 Å². The molecule has 73 heavy (non-hydrogen) atoms. The van der Waals surface area contributed by atoms with Crippen LogP contribution in [0.15, 0.2) is 158 Å². The van der Waals surface area contributed by atoms with E-state index in [-0.39, 0.29) is 60.2 Å². The fourth-order valence-electron chi connectivity index (χ4n) is 6.89. The summed E-state index contributed by atoms with van der Waals surface area (Å²) in [7, 11) is 0. The molecule has 380 valence electrons. The summed E-state index contributed by atoms with van der Waals surface area (Å²) in [5.74, 6) is -2.12. The van der Waals surface area contributed by atoms with Gasteiger partial charge in [-0.3, -0.25) is 0 Å². The molecule has 0 aliphatic rings. The second-order valence-corrected chi connectivity index (χ2v) is 16.6. The van der Waals surface area contributed by atoms with Crippen molar-refractivity contribution in [2.45, 2.75) is 38.0 Å². The van der Waals surface area contributed by atoms with Crippen molar-refractivity contribution in [3.63, 3.8) is 0 Å². The summed E-state index contributed by atoms with van der Waals surface area (Å²) in [6, 6.07) is 37.6. The lowest BCUT2D eigenvalue weighted by Crippen LogP contribution is -2.38. The van der Waals surface area contributed by atoms with Gasteiger partial charge in [-0.2, -0.15) is 26.3 Å². The Morgan fingerprint density at radius 2 is 0.767 bits per heavy atom. The van der Waals surface area contributed by atoms with E-state index in [0.29, 0.717) is 22.5 Å². The van der Waals surface area contributed by atoms with Gasteiger partial charge in [-0.15, -0.1) is 0 Å². The molecule has 0 bridgehead atoms. The van der Waals surface area contributed by atoms with Crippen molar-refractivity contribution in [3.8, 4) is 23.0 Å². The van der Waals surface area contributed by atoms with Gasteiger partial charge in [-0.05, 0) is 144 Å². The van der Waals surface area contributed by atoms with Gasteiger partial charge >= 0.3 is 36.2 Å². The van der Waals surface area contributed by atoms with Crippen molar-refractivity contribution in [1.29, 1.82) is 0 Å². The smallest absolute Gasteiger partial charge is 0.392 e. The van der Waals surface area contributed by atoms with E-state index in [1.54, 1.807) is 48.5 Å². The normalized spacial score (nSPS) is 11.8. The average molecular weight is 1010 g/mol. The Hall–Kier alpha value is -8.54. The van der Waals surface area contributed by atoms with Gasteiger partial charge in [-0.25, -0.2) is 19.2 Å². The van der Waals surface area contributed by atoms with Crippen LogP contribution in [0, 0.1) is 5.41 Å². The predicted molar refractivity (Wildman–Crippen MR) is 260 cm³/mol. The van der Waals surface area contributed by atoms with Crippen molar-refractivity contribution >= 4 is 47.4 Å². The van der Waals surface area contributed by atoms with Gasteiger partial charge in [-0.1, -0.05) is 48.5 Å². The van der Waals surface area contributed by atoms with E-state index < -0.39 is 67.7 Å². The number of halogens is 6. The highest BCUT2D eigenvalue weighted by molar-refractivity contribution is 5.92. The number of rotatable bonds is 22. The molecule has 0 aliphatic heterocycles. The number of benzene rings is 6. The van der Waals surface area contributed by atoms with Gasteiger partial charge in [0.2, 0.25) is 0 Å². The van der Waals surface area contributed by atoms with E-state index in [4.69, 9.17) is 39.9 Å². The molecule has 0 heterocycles. The summed E-state index contributed by atoms with van der Waals surface area (Å²) in [5.41, 5.74) is 15.1. The van der Waals surface area contributed by atoms with Gasteiger partial charge in [0.1, 0.15) is 36.2 Å². The first-order chi connectivity index (χ1) is 34.8. The van der Waals surface area contributed by atoms with Crippen LogP contribution in [-0.4, -0.2) is 62.7 Å². The highest BCUT2D eigenvalue weighted by Gasteiger charge is 2.35. The monoisotopic (exact) mass is 1010 g/mol. The molecule has 6 aromatic rings. The number of ether oxygens (including phenoxy) is 6. The third kappa shape index (κ3) is 18.6. The number of anilines is 2. The minimum atomic E-state index is -4.36. The zero-order valence-corrected chi connectivity index (χ0v) is 38.8. The number of hydrogen-bond acceptors (Lipinski definition) is 12. The standard InChI is InChI=1S/C55H48F6N2O10/c56-54(57,58)29-31-68-45-23-11-41(12-24-45)51(66)72-47-19-5-37(6-20-47)9-27-49(64)70-35-53(33-39-1-15-43(62)16-2-39,34-40-3-17-44(63)18-4-40)36-71-50(65)28-10-38-7-21-48(22-8-38)73-52(67)42-13-25-46(26-14-42)69-32-30-55(59,60)61/h1-28H,29-36,62-63H2. The van der Waals surface area contributed by atoms with Crippen molar-refractivity contribution in [2.75, 3.05) is 37.9 Å². The summed E-state index contributed by atoms with van der Waals surface area (Å²) in [4.78, 5) is 52.1. The molecule has 0 saturated heterocycles. The maximum Gasteiger partial charge on any atom is 0.392 e. The van der Waals surface area contributed by atoms with Crippen LogP contribution in [0.3, 0.4) is 0 Å². The summed E-state index contributed by atoms with van der Waals surface area (Å²) < 4.78 is 107. The Kier molecular flexibility index (Phi) is 18.4. The lowest BCUT2D eigenvalue weighted by Gasteiger charge is -2.33. The van der Waals surface area contributed by atoms with E-state index in [0.717, 1.165) is 11.1 Å². The zero-order valence-electron chi connectivity index (χ0n) is 38.8. The van der Waals surface area contributed by atoms with Crippen molar-refractivity contribution < 1.29 is 73.9 Å². The SMILES string of the molecule is Nc1ccc(CC(COC(=O)C=Cc2ccc(OC(=O)c3ccc(OCCC(F)(F)F)cc3)cc2)(COC(=O)C=Cc2ccc(OC(=O)c3ccc(OCCC(F)(F)F)cc3)cc2)Cc2ccc(N)cc2)cc1. The van der Waals surface area contributed by atoms with Gasteiger partial charge in [0.15, 0.2) is 0 Å². The molecule has 0 saturated carbocycles. The Morgan fingerprint density at radius 1 is 0.438 bits per heavy atom. The summed E-state index contributed by atoms with van der Waals surface area (Å²) in [6.45, 7) is -1.52. The second kappa shape index (κ2) is 25.0. The van der Waals surface area contributed by atoms with Crippen molar-refractivity contribution in [2.24, 2.45) is 5.41 Å². The molecule has 0 aromatic heterocycles. The van der Waals surface area contributed by atoms with E-state index in [1.807, 2.05) is 24.3 Å². The molecule has 0 aliphatic carbocycles. The van der Waals surface area contributed by atoms with E-state index in [1.165, 1.54) is 97.1 Å². The van der Waals surface area contributed by atoms with Crippen LogP contribution in [0.2, 0.25) is 0 Å². The molecular weight excluding hydrogens is 963 g/mol. The number of carbonyl (C=O) groups excluding carboxylic acids is 4. The molecular formula is C55H48F6N2O10. The van der Waals surface area contributed by atoms with Crippen molar-refractivity contribution in [3.05, 3.63) is 191 Å². The van der Waals surface area contributed by atoms with Crippen LogP contribution < -0.4 is 30.4 Å². The molecule has 0 unspecified atom stereocenters. The Labute approximate surface area is 415 Å². The predicted octanol–water partition coefficient (Wildman–Crippen LogP) is 11.2. The summed E-state index contributed by atoms with van der Waals surface area (Å²) in [6.07, 6.45) is -4.93. The molecule has 0 atom stereocenters. The molecule has 4 N–H and O–H groups in total. The lowest BCUT2D eigenvalue weighted by molar-refractivity contribution is -0.148. The maximum absolute atomic E-state index is 13.3. The Morgan fingerprint density at radius 3 is 1.10 bits per heavy atom. The molecule has 0 fully saturated rings. The number of carbonyl (C=O) groups is 4. The van der Waals surface area contributed by atoms with Crippen molar-refractivity contribution in [1.82, 2.24) is 0 Å². The van der Waals surface area contributed by atoms with Gasteiger partial charge in [0.05, 0.1) is 37.2 Å². The molecule has 6 aromatic carbocycles. The third-order valence-electron chi connectivity index (χ3n) is 10.7. The molecule has 0 radical (unpaired) electrons. The maximum atomic E-state index is 13.3. The first kappa shape index (κ1) is 53.8. The van der Waals surface area contributed by atoms with Crippen LogP contribution in [0.4, 0.5) is 37.7 Å². The summed E-state index contributed by atoms with van der Waals surface area (Å²) in [5, 5.41) is 0. The highest BCUT2D eigenvalue weighted by Crippen LogP contribution is 2.32. The van der Waals surface area contributed by atoms with Crippen LogP contribution in [0.25, 0.3) is 12.2 Å². The van der Waals surface area contributed by atoms with E-state index >= 15 is 0 Å². The van der Waals surface area contributed by atoms with Crippen LogP contribution >= 0.6 is 0 Å². The first-order valence-corrected chi connectivity index (χ1v) is 22.4. The van der Waals surface area contributed by atoms with E-state index in [9.17, 15) is 45.5 Å².